The summed E-state index contributed by atoms with van der Waals surface area (Å²) >= 11 is 0. The van der Waals surface area contributed by atoms with E-state index in [4.69, 9.17) is 4.74 Å². The van der Waals surface area contributed by atoms with E-state index in [0.717, 1.165) is 37.0 Å². The summed E-state index contributed by atoms with van der Waals surface area (Å²) in [6.07, 6.45) is 7.55. The van der Waals surface area contributed by atoms with Gasteiger partial charge in [-0.25, -0.2) is 4.79 Å². The maximum atomic E-state index is 12.4. The second kappa shape index (κ2) is 7.48. The van der Waals surface area contributed by atoms with E-state index < -0.39 is 0 Å². The van der Waals surface area contributed by atoms with Crippen LogP contribution in [0.15, 0.2) is 18.2 Å². The van der Waals surface area contributed by atoms with Gasteiger partial charge in [0.2, 0.25) is 0 Å². The summed E-state index contributed by atoms with van der Waals surface area (Å²) in [6, 6.07) is 6.33. The molecule has 1 saturated carbocycles. The van der Waals surface area contributed by atoms with E-state index in [1.807, 2.05) is 19.2 Å². The van der Waals surface area contributed by atoms with Crippen LogP contribution in [0.4, 0.5) is 4.79 Å². The van der Waals surface area contributed by atoms with Crippen molar-refractivity contribution in [2.24, 2.45) is 0 Å². The number of amides is 1. The van der Waals surface area contributed by atoms with Crippen LogP contribution in [-0.2, 0) is 12.8 Å². The number of hydrogen-bond acceptors (Lipinski definition) is 2. The van der Waals surface area contributed by atoms with Gasteiger partial charge in [0, 0.05) is 13.1 Å². The molecule has 1 aromatic carbocycles. The lowest BCUT2D eigenvalue weighted by molar-refractivity contribution is 0.132. The minimum absolute atomic E-state index is 0.218. The number of ether oxygens (including phenoxy) is 1. The van der Waals surface area contributed by atoms with Crippen LogP contribution in [0.3, 0.4) is 0 Å². The zero-order valence-corrected chi connectivity index (χ0v) is 13.5. The average Bonchev–Trinajstić information content (AvgIpc) is 2.54. The molecule has 0 saturated heterocycles. The van der Waals surface area contributed by atoms with E-state index in [2.05, 4.69) is 19.9 Å². The summed E-state index contributed by atoms with van der Waals surface area (Å²) in [4.78, 5) is 14.2. The van der Waals surface area contributed by atoms with Crippen molar-refractivity contribution in [2.45, 2.75) is 64.8 Å². The third-order valence-corrected chi connectivity index (χ3v) is 4.57. The summed E-state index contributed by atoms with van der Waals surface area (Å²) in [5, 5.41) is 0. The quantitative estimate of drug-likeness (QED) is 0.812. The van der Waals surface area contributed by atoms with E-state index in [1.54, 1.807) is 4.90 Å². The molecule has 0 radical (unpaired) electrons. The lowest BCUT2D eigenvalue weighted by atomic mass is 9.95. The van der Waals surface area contributed by atoms with Gasteiger partial charge in [-0.05, 0) is 42.9 Å². The molecule has 0 aromatic heterocycles. The first-order chi connectivity index (χ1) is 10.2. The Morgan fingerprint density at radius 1 is 1.19 bits per heavy atom. The van der Waals surface area contributed by atoms with Crippen LogP contribution in [-0.4, -0.2) is 24.1 Å². The first kappa shape index (κ1) is 15.9. The summed E-state index contributed by atoms with van der Waals surface area (Å²) < 4.78 is 5.68. The molecule has 3 nitrogen and oxygen atoms in total. The predicted molar refractivity (Wildman–Crippen MR) is 85.9 cm³/mol. The van der Waals surface area contributed by atoms with Gasteiger partial charge >= 0.3 is 6.09 Å². The fraction of sp³-hybridized carbons (Fsp3) is 0.611. The van der Waals surface area contributed by atoms with Gasteiger partial charge in [0.1, 0.15) is 5.75 Å². The van der Waals surface area contributed by atoms with Crippen molar-refractivity contribution in [3.8, 4) is 5.75 Å². The highest BCUT2D eigenvalue weighted by Gasteiger charge is 2.24. The number of carbonyl (C=O) groups excluding carboxylic acids is 1. The van der Waals surface area contributed by atoms with Crippen molar-refractivity contribution in [1.29, 1.82) is 0 Å². The van der Waals surface area contributed by atoms with E-state index in [0.29, 0.717) is 6.04 Å². The second-order valence-corrected chi connectivity index (χ2v) is 5.87. The molecule has 3 heteroatoms. The number of rotatable bonds is 4. The number of hydrogen-bond donors (Lipinski definition) is 0. The van der Waals surface area contributed by atoms with Gasteiger partial charge in [0.05, 0.1) is 0 Å². The molecule has 1 aliphatic rings. The Morgan fingerprint density at radius 3 is 2.52 bits per heavy atom. The monoisotopic (exact) mass is 289 g/mol. The average molecular weight is 289 g/mol. The number of aryl methyl sites for hydroxylation is 1. The Labute approximate surface area is 128 Å². The third-order valence-electron chi connectivity index (χ3n) is 4.57. The smallest absolute Gasteiger partial charge is 0.410 e. The van der Waals surface area contributed by atoms with Crippen molar-refractivity contribution >= 4 is 6.09 Å². The summed E-state index contributed by atoms with van der Waals surface area (Å²) in [6.45, 7) is 4.24. The van der Waals surface area contributed by atoms with E-state index in [-0.39, 0.29) is 6.09 Å². The normalized spacial score (nSPS) is 15.8. The largest absolute Gasteiger partial charge is 0.415 e. The van der Waals surface area contributed by atoms with E-state index in [9.17, 15) is 4.79 Å². The van der Waals surface area contributed by atoms with Crippen LogP contribution in [0.5, 0.6) is 5.75 Å². The molecule has 0 atom stereocenters. The molecule has 1 aliphatic carbocycles. The van der Waals surface area contributed by atoms with Crippen LogP contribution in [0, 0.1) is 0 Å². The Bertz CT molecular complexity index is 478. The van der Waals surface area contributed by atoms with Gasteiger partial charge in [-0.1, -0.05) is 45.2 Å². The Kier molecular flexibility index (Phi) is 5.66. The molecule has 21 heavy (non-hydrogen) atoms. The van der Waals surface area contributed by atoms with Crippen molar-refractivity contribution in [1.82, 2.24) is 4.90 Å². The molecule has 0 bridgehead atoms. The molecule has 0 spiro atoms. The fourth-order valence-electron chi connectivity index (χ4n) is 3.22. The van der Waals surface area contributed by atoms with Crippen molar-refractivity contribution < 1.29 is 9.53 Å². The van der Waals surface area contributed by atoms with E-state index in [1.165, 1.54) is 24.8 Å². The fourth-order valence-corrected chi connectivity index (χ4v) is 3.22. The van der Waals surface area contributed by atoms with Gasteiger partial charge in [0.15, 0.2) is 0 Å². The SMILES string of the molecule is CCc1cccc(OC(=O)N(C)C2CCCCC2)c1CC. The van der Waals surface area contributed by atoms with Gasteiger partial charge in [-0.3, -0.25) is 0 Å². The molecule has 0 N–H and O–H groups in total. The highest BCUT2D eigenvalue weighted by Crippen LogP contribution is 2.26. The van der Waals surface area contributed by atoms with Crippen molar-refractivity contribution in [2.75, 3.05) is 7.05 Å². The Hall–Kier alpha value is -1.51. The first-order valence-electron chi connectivity index (χ1n) is 8.22. The molecule has 0 heterocycles. The van der Waals surface area contributed by atoms with Crippen LogP contribution < -0.4 is 4.74 Å². The van der Waals surface area contributed by atoms with Crippen LogP contribution in [0.2, 0.25) is 0 Å². The Balaban J connectivity index is 2.08. The van der Waals surface area contributed by atoms with Crippen LogP contribution >= 0.6 is 0 Å². The van der Waals surface area contributed by atoms with E-state index >= 15 is 0 Å². The second-order valence-electron chi connectivity index (χ2n) is 5.87. The number of nitrogens with zero attached hydrogens (tertiary/aromatic N) is 1. The molecule has 1 fully saturated rings. The summed E-state index contributed by atoms with van der Waals surface area (Å²) in [5.74, 6) is 0.726. The van der Waals surface area contributed by atoms with Gasteiger partial charge < -0.3 is 9.64 Å². The van der Waals surface area contributed by atoms with Crippen LogP contribution in [0.1, 0.15) is 57.1 Å². The molecule has 1 aromatic rings. The zero-order valence-electron chi connectivity index (χ0n) is 13.5. The molecule has 0 aliphatic heterocycles. The van der Waals surface area contributed by atoms with Gasteiger partial charge in [-0.15, -0.1) is 0 Å². The highest BCUT2D eigenvalue weighted by molar-refractivity contribution is 5.71. The standard InChI is InChI=1S/C18H27NO2/c1-4-14-10-9-13-17(16(14)5-2)21-18(20)19(3)15-11-7-6-8-12-15/h9-10,13,15H,4-8,11-12H2,1-3H3. The van der Waals surface area contributed by atoms with Gasteiger partial charge in [-0.2, -0.15) is 0 Å². The third kappa shape index (κ3) is 3.78. The maximum absolute atomic E-state index is 12.4. The maximum Gasteiger partial charge on any atom is 0.415 e. The lowest BCUT2D eigenvalue weighted by Crippen LogP contribution is -2.40. The number of carbonyl (C=O) groups is 1. The van der Waals surface area contributed by atoms with Gasteiger partial charge in [0.25, 0.3) is 0 Å². The molecule has 116 valence electrons. The number of benzene rings is 1. The Morgan fingerprint density at radius 2 is 1.90 bits per heavy atom. The molecule has 0 unspecified atom stereocenters. The zero-order chi connectivity index (χ0) is 15.2. The predicted octanol–water partition coefficient (Wildman–Crippen LogP) is 4.57. The van der Waals surface area contributed by atoms with Crippen molar-refractivity contribution in [3.63, 3.8) is 0 Å². The minimum atomic E-state index is -0.218. The summed E-state index contributed by atoms with van der Waals surface area (Å²) in [5.41, 5.74) is 2.42. The highest BCUT2D eigenvalue weighted by atomic mass is 16.6. The topological polar surface area (TPSA) is 29.5 Å². The summed E-state index contributed by atoms with van der Waals surface area (Å²) in [7, 11) is 1.87. The molecular formula is C18H27NO2. The lowest BCUT2D eigenvalue weighted by Gasteiger charge is -2.30. The first-order valence-corrected chi connectivity index (χ1v) is 8.22. The molecular weight excluding hydrogens is 262 g/mol. The molecule has 1 amide bonds. The van der Waals surface area contributed by atoms with Crippen LogP contribution in [0.25, 0.3) is 0 Å². The minimum Gasteiger partial charge on any atom is -0.410 e. The van der Waals surface area contributed by atoms with Crippen molar-refractivity contribution in [3.05, 3.63) is 29.3 Å². The molecule has 2 rings (SSSR count).